The summed E-state index contributed by atoms with van der Waals surface area (Å²) < 4.78 is 13.8. The molecule has 2 nitrogen and oxygen atoms in total. The summed E-state index contributed by atoms with van der Waals surface area (Å²) in [5.74, 6) is -0.256. The number of benzene rings is 2. The van der Waals surface area contributed by atoms with Gasteiger partial charge >= 0.3 is 0 Å². The SMILES string of the molecule is CC(C)(C#N)c1ccc(NCc2ccc(F)cc2Br)cc1. The smallest absolute Gasteiger partial charge is 0.124 e. The molecule has 4 heteroatoms. The predicted molar refractivity (Wildman–Crippen MR) is 86.5 cm³/mol. The summed E-state index contributed by atoms with van der Waals surface area (Å²) in [6.45, 7) is 4.39. The van der Waals surface area contributed by atoms with Gasteiger partial charge in [0.15, 0.2) is 0 Å². The summed E-state index contributed by atoms with van der Waals surface area (Å²) in [6, 6.07) is 14.7. The van der Waals surface area contributed by atoms with Gasteiger partial charge in [-0.05, 0) is 49.2 Å². The van der Waals surface area contributed by atoms with Crippen LogP contribution in [0.25, 0.3) is 0 Å². The van der Waals surface area contributed by atoms with Crippen LogP contribution in [-0.4, -0.2) is 0 Å². The zero-order valence-corrected chi connectivity index (χ0v) is 13.5. The second kappa shape index (κ2) is 6.28. The maximum absolute atomic E-state index is 13.0. The van der Waals surface area contributed by atoms with Gasteiger partial charge in [-0.15, -0.1) is 0 Å². The van der Waals surface area contributed by atoms with Gasteiger partial charge in [0, 0.05) is 16.7 Å². The Morgan fingerprint density at radius 1 is 1.19 bits per heavy atom. The van der Waals surface area contributed by atoms with E-state index < -0.39 is 5.41 Å². The second-order valence-electron chi connectivity index (χ2n) is 5.40. The van der Waals surface area contributed by atoms with Crippen molar-refractivity contribution < 1.29 is 4.39 Å². The van der Waals surface area contributed by atoms with E-state index in [0.29, 0.717) is 6.54 Å². The van der Waals surface area contributed by atoms with Crippen LogP contribution in [0.3, 0.4) is 0 Å². The summed E-state index contributed by atoms with van der Waals surface area (Å²) in [5.41, 5.74) is 2.44. The van der Waals surface area contributed by atoms with Crippen molar-refractivity contribution >= 4 is 21.6 Å². The van der Waals surface area contributed by atoms with Crippen molar-refractivity contribution in [2.24, 2.45) is 0 Å². The number of rotatable bonds is 4. The maximum atomic E-state index is 13.0. The maximum Gasteiger partial charge on any atom is 0.124 e. The highest BCUT2D eigenvalue weighted by Gasteiger charge is 2.18. The molecule has 0 saturated carbocycles. The Morgan fingerprint density at radius 3 is 2.43 bits per heavy atom. The van der Waals surface area contributed by atoms with Crippen molar-refractivity contribution in [1.82, 2.24) is 0 Å². The minimum Gasteiger partial charge on any atom is -0.381 e. The van der Waals surface area contributed by atoms with E-state index in [1.165, 1.54) is 12.1 Å². The summed E-state index contributed by atoms with van der Waals surface area (Å²) in [5, 5.41) is 12.4. The molecule has 0 unspecified atom stereocenters. The van der Waals surface area contributed by atoms with Crippen LogP contribution in [0, 0.1) is 17.1 Å². The van der Waals surface area contributed by atoms with E-state index in [1.807, 2.05) is 38.1 Å². The quantitative estimate of drug-likeness (QED) is 0.845. The van der Waals surface area contributed by atoms with Crippen LogP contribution in [-0.2, 0) is 12.0 Å². The van der Waals surface area contributed by atoms with Gasteiger partial charge in [-0.2, -0.15) is 5.26 Å². The first-order valence-corrected chi connectivity index (χ1v) is 7.41. The van der Waals surface area contributed by atoms with E-state index >= 15 is 0 Å². The molecule has 108 valence electrons. The van der Waals surface area contributed by atoms with Crippen LogP contribution in [0.15, 0.2) is 46.9 Å². The second-order valence-corrected chi connectivity index (χ2v) is 6.26. The number of hydrogen-bond acceptors (Lipinski definition) is 2. The van der Waals surface area contributed by atoms with Gasteiger partial charge < -0.3 is 5.32 Å². The van der Waals surface area contributed by atoms with Crippen molar-refractivity contribution in [1.29, 1.82) is 5.26 Å². The Kier molecular flexibility index (Phi) is 4.64. The fourth-order valence-electron chi connectivity index (χ4n) is 1.93. The third-order valence-corrected chi connectivity index (χ3v) is 4.12. The van der Waals surface area contributed by atoms with Gasteiger partial charge in [0.25, 0.3) is 0 Å². The van der Waals surface area contributed by atoms with E-state index in [9.17, 15) is 4.39 Å². The summed E-state index contributed by atoms with van der Waals surface area (Å²) in [4.78, 5) is 0. The van der Waals surface area contributed by atoms with Crippen LogP contribution >= 0.6 is 15.9 Å². The van der Waals surface area contributed by atoms with E-state index in [2.05, 4.69) is 27.3 Å². The highest BCUT2D eigenvalue weighted by Crippen LogP contribution is 2.24. The van der Waals surface area contributed by atoms with Crippen molar-refractivity contribution in [3.63, 3.8) is 0 Å². The fourth-order valence-corrected chi connectivity index (χ4v) is 2.42. The summed E-state index contributed by atoms with van der Waals surface area (Å²) in [6.07, 6.45) is 0. The number of nitrogens with zero attached hydrogens (tertiary/aromatic N) is 1. The average molecular weight is 347 g/mol. The third-order valence-electron chi connectivity index (χ3n) is 3.38. The van der Waals surface area contributed by atoms with Gasteiger partial charge in [-0.1, -0.05) is 34.1 Å². The van der Waals surface area contributed by atoms with Gasteiger partial charge in [0.1, 0.15) is 5.82 Å². The van der Waals surface area contributed by atoms with E-state index in [-0.39, 0.29) is 5.82 Å². The first-order valence-electron chi connectivity index (χ1n) is 6.62. The Hall–Kier alpha value is -1.86. The van der Waals surface area contributed by atoms with Gasteiger partial charge in [-0.25, -0.2) is 4.39 Å². The molecule has 0 aromatic heterocycles. The molecule has 0 amide bonds. The van der Waals surface area contributed by atoms with Crippen molar-refractivity contribution in [3.8, 4) is 6.07 Å². The molecule has 0 saturated heterocycles. The minimum atomic E-state index is -0.488. The number of hydrogen-bond donors (Lipinski definition) is 1. The fraction of sp³-hybridized carbons (Fsp3) is 0.235. The Morgan fingerprint density at radius 2 is 1.86 bits per heavy atom. The Balaban J connectivity index is 2.06. The first-order chi connectivity index (χ1) is 9.92. The summed E-state index contributed by atoms with van der Waals surface area (Å²) in [7, 11) is 0. The molecule has 2 aromatic rings. The van der Waals surface area contributed by atoms with E-state index in [0.717, 1.165) is 21.3 Å². The highest BCUT2D eigenvalue weighted by molar-refractivity contribution is 9.10. The molecule has 0 aliphatic rings. The normalized spacial score (nSPS) is 11.0. The van der Waals surface area contributed by atoms with Gasteiger partial charge in [-0.3, -0.25) is 0 Å². The Labute approximate surface area is 132 Å². The number of nitriles is 1. The van der Waals surface area contributed by atoms with Crippen LogP contribution in [0.2, 0.25) is 0 Å². The number of nitrogens with one attached hydrogen (secondary N) is 1. The van der Waals surface area contributed by atoms with Gasteiger partial charge in [0.05, 0.1) is 11.5 Å². The summed E-state index contributed by atoms with van der Waals surface area (Å²) >= 11 is 3.35. The van der Waals surface area contributed by atoms with Crippen molar-refractivity contribution in [2.75, 3.05) is 5.32 Å². The largest absolute Gasteiger partial charge is 0.381 e. The topological polar surface area (TPSA) is 35.8 Å². The highest BCUT2D eigenvalue weighted by atomic mass is 79.9. The molecule has 0 radical (unpaired) electrons. The Bertz CT molecular complexity index is 672. The molecular formula is C17H16BrFN2. The predicted octanol–water partition coefficient (Wildman–Crippen LogP) is 5.00. The average Bonchev–Trinajstić information content (AvgIpc) is 2.47. The zero-order valence-electron chi connectivity index (χ0n) is 12.0. The van der Waals surface area contributed by atoms with E-state index in [4.69, 9.17) is 5.26 Å². The molecule has 0 spiro atoms. The molecule has 2 aromatic carbocycles. The van der Waals surface area contributed by atoms with E-state index in [1.54, 1.807) is 6.07 Å². The molecule has 1 N–H and O–H groups in total. The lowest BCUT2D eigenvalue weighted by molar-refractivity contribution is 0.626. The standard InChI is InChI=1S/C17H16BrFN2/c1-17(2,11-20)13-4-7-15(8-5-13)21-10-12-3-6-14(19)9-16(12)18/h3-9,21H,10H2,1-2H3. The number of halogens is 2. The third kappa shape index (κ3) is 3.83. The van der Waals surface area contributed by atoms with Gasteiger partial charge in [0.2, 0.25) is 0 Å². The van der Waals surface area contributed by atoms with Crippen LogP contribution in [0.4, 0.5) is 10.1 Å². The molecular weight excluding hydrogens is 331 g/mol. The lowest BCUT2D eigenvalue weighted by Gasteiger charge is -2.16. The molecule has 0 aliphatic carbocycles. The zero-order chi connectivity index (χ0) is 15.5. The number of anilines is 1. The first kappa shape index (κ1) is 15.5. The molecule has 0 fully saturated rings. The minimum absolute atomic E-state index is 0.256. The molecule has 0 atom stereocenters. The van der Waals surface area contributed by atoms with Crippen molar-refractivity contribution in [3.05, 3.63) is 63.9 Å². The molecule has 21 heavy (non-hydrogen) atoms. The van der Waals surface area contributed by atoms with Crippen LogP contribution in [0.1, 0.15) is 25.0 Å². The van der Waals surface area contributed by atoms with Crippen LogP contribution in [0.5, 0.6) is 0 Å². The molecule has 2 rings (SSSR count). The monoisotopic (exact) mass is 346 g/mol. The molecule has 0 bridgehead atoms. The van der Waals surface area contributed by atoms with Crippen LogP contribution < -0.4 is 5.32 Å². The lowest BCUT2D eigenvalue weighted by atomic mass is 9.86. The van der Waals surface area contributed by atoms with Crippen molar-refractivity contribution in [2.45, 2.75) is 25.8 Å². The molecule has 0 heterocycles. The lowest BCUT2D eigenvalue weighted by Crippen LogP contribution is -2.13. The molecule has 0 aliphatic heterocycles.